The maximum atomic E-state index is 12.1. The summed E-state index contributed by atoms with van der Waals surface area (Å²) >= 11 is 6.06. The summed E-state index contributed by atoms with van der Waals surface area (Å²) in [6.07, 6.45) is 0.786. The number of nitrogens with two attached hydrogens (primary N) is 1. The van der Waals surface area contributed by atoms with Gasteiger partial charge in [-0.1, -0.05) is 29.8 Å². The van der Waals surface area contributed by atoms with Crippen LogP contribution in [0.25, 0.3) is 0 Å². The van der Waals surface area contributed by atoms with E-state index >= 15 is 0 Å². The standard InChI is InChI=1S/C17H19ClN2O4S/c1-24-16-7-5-12(10-15(16)18)6-8-17(21)20-14-4-2-3-13(9-14)11-25(19,22)23/h2-5,7,9-10H,6,8,11H2,1H3,(H,20,21)(H2,19,22,23). The molecule has 0 fully saturated rings. The molecule has 8 heteroatoms. The van der Waals surface area contributed by atoms with E-state index in [1.807, 2.05) is 6.07 Å². The van der Waals surface area contributed by atoms with Crippen molar-refractivity contribution in [2.24, 2.45) is 5.14 Å². The number of primary sulfonamides is 1. The number of anilines is 1. The molecule has 0 saturated heterocycles. The molecular formula is C17H19ClN2O4S. The van der Waals surface area contributed by atoms with Crippen LogP contribution in [-0.2, 0) is 27.0 Å². The summed E-state index contributed by atoms with van der Waals surface area (Å²) < 4.78 is 27.4. The lowest BCUT2D eigenvalue weighted by Gasteiger charge is -2.08. The van der Waals surface area contributed by atoms with Gasteiger partial charge >= 0.3 is 0 Å². The third-order valence-corrected chi connectivity index (χ3v) is 4.47. The molecule has 3 N–H and O–H groups in total. The number of carbonyl (C=O) groups excluding carboxylic acids is 1. The van der Waals surface area contributed by atoms with E-state index in [2.05, 4.69) is 5.32 Å². The van der Waals surface area contributed by atoms with Crippen LogP contribution in [0.4, 0.5) is 5.69 Å². The number of methoxy groups -OCH3 is 1. The summed E-state index contributed by atoms with van der Waals surface area (Å²) in [6.45, 7) is 0. The van der Waals surface area contributed by atoms with Gasteiger partial charge in [0.1, 0.15) is 5.75 Å². The van der Waals surface area contributed by atoms with Gasteiger partial charge in [0.2, 0.25) is 15.9 Å². The molecule has 0 atom stereocenters. The highest BCUT2D eigenvalue weighted by Crippen LogP contribution is 2.25. The Morgan fingerprint density at radius 2 is 1.96 bits per heavy atom. The summed E-state index contributed by atoms with van der Waals surface area (Å²) in [6, 6.07) is 12.0. The number of amides is 1. The van der Waals surface area contributed by atoms with E-state index < -0.39 is 10.0 Å². The van der Waals surface area contributed by atoms with Crippen LogP contribution in [0, 0.1) is 0 Å². The van der Waals surface area contributed by atoms with Gasteiger partial charge in [-0.3, -0.25) is 4.79 Å². The maximum Gasteiger partial charge on any atom is 0.224 e. The summed E-state index contributed by atoms with van der Waals surface area (Å²) in [4.78, 5) is 12.1. The molecule has 2 rings (SSSR count). The van der Waals surface area contributed by atoms with Crippen molar-refractivity contribution in [1.82, 2.24) is 0 Å². The summed E-state index contributed by atoms with van der Waals surface area (Å²) in [5, 5.41) is 8.27. The highest BCUT2D eigenvalue weighted by molar-refractivity contribution is 7.88. The van der Waals surface area contributed by atoms with Crippen molar-refractivity contribution in [2.45, 2.75) is 18.6 Å². The molecule has 0 aliphatic carbocycles. The van der Waals surface area contributed by atoms with Crippen molar-refractivity contribution in [2.75, 3.05) is 12.4 Å². The molecule has 2 aromatic rings. The lowest BCUT2D eigenvalue weighted by atomic mass is 10.1. The Balaban J connectivity index is 1.94. The van der Waals surface area contributed by atoms with E-state index in [-0.39, 0.29) is 18.1 Å². The molecule has 0 unspecified atom stereocenters. The second kappa shape index (κ2) is 8.33. The van der Waals surface area contributed by atoms with Crippen molar-refractivity contribution in [3.05, 3.63) is 58.6 Å². The van der Waals surface area contributed by atoms with Crippen molar-refractivity contribution in [3.8, 4) is 5.75 Å². The van der Waals surface area contributed by atoms with Gasteiger partial charge in [0.05, 0.1) is 17.9 Å². The number of halogens is 1. The van der Waals surface area contributed by atoms with Crippen LogP contribution in [0.1, 0.15) is 17.5 Å². The zero-order valence-electron chi connectivity index (χ0n) is 13.7. The number of carbonyl (C=O) groups is 1. The molecular weight excluding hydrogens is 364 g/mol. The van der Waals surface area contributed by atoms with Gasteiger partial charge in [-0.15, -0.1) is 0 Å². The predicted molar refractivity (Wildman–Crippen MR) is 98.2 cm³/mol. The lowest BCUT2D eigenvalue weighted by molar-refractivity contribution is -0.116. The Bertz CT molecular complexity index is 869. The van der Waals surface area contributed by atoms with Gasteiger partial charge in [-0.25, -0.2) is 13.6 Å². The Labute approximate surface area is 152 Å². The average molecular weight is 383 g/mol. The molecule has 1 amide bonds. The van der Waals surface area contributed by atoms with Gasteiger partial charge in [-0.2, -0.15) is 0 Å². The number of aryl methyl sites for hydroxylation is 1. The number of hydrogen-bond donors (Lipinski definition) is 2. The van der Waals surface area contributed by atoms with Crippen LogP contribution in [-0.4, -0.2) is 21.4 Å². The summed E-state index contributed by atoms with van der Waals surface area (Å²) in [7, 11) is -2.07. The smallest absolute Gasteiger partial charge is 0.224 e. The number of sulfonamides is 1. The van der Waals surface area contributed by atoms with E-state index in [1.165, 1.54) is 0 Å². The first kappa shape index (κ1) is 19.2. The topological polar surface area (TPSA) is 98.5 Å². The van der Waals surface area contributed by atoms with Crippen molar-refractivity contribution in [1.29, 1.82) is 0 Å². The largest absolute Gasteiger partial charge is 0.495 e. The number of hydrogen-bond acceptors (Lipinski definition) is 4. The first-order valence-corrected chi connectivity index (χ1v) is 9.58. The molecule has 0 aromatic heterocycles. The minimum absolute atomic E-state index is 0.181. The SMILES string of the molecule is COc1ccc(CCC(=O)Nc2cccc(CS(N)(=O)=O)c2)cc1Cl. The first-order chi connectivity index (χ1) is 11.8. The molecule has 0 heterocycles. The fraction of sp³-hybridized carbons (Fsp3) is 0.235. The van der Waals surface area contributed by atoms with Crippen LogP contribution in [0.5, 0.6) is 5.75 Å². The van der Waals surface area contributed by atoms with Gasteiger partial charge in [-0.05, 0) is 41.8 Å². The Hall–Kier alpha value is -2.09. The number of nitrogens with one attached hydrogen (secondary N) is 1. The van der Waals surface area contributed by atoms with Crippen LogP contribution < -0.4 is 15.2 Å². The Kier molecular flexibility index (Phi) is 6.41. The molecule has 0 saturated carbocycles. The lowest BCUT2D eigenvalue weighted by Crippen LogP contribution is -2.15. The first-order valence-electron chi connectivity index (χ1n) is 7.48. The molecule has 0 aliphatic heterocycles. The number of benzene rings is 2. The Morgan fingerprint density at radius 3 is 2.60 bits per heavy atom. The molecule has 6 nitrogen and oxygen atoms in total. The minimum atomic E-state index is -3.61. The van der Waals surface area contributed by atoms with Crippen LogP contribution >= 0.6 is 11.6 Å². The molecule has 25 heavy (non-hydrogen) atoms. The van der Waals surface area contributed by atoms with E-state index in [9.17, 15) is 13.2 Å². The molecule has 0 radical (unpaired) electrons. The predicted octanol–water partition coefficient (Wildman–Crippen LogP) is 2.71. The van der Waals surface area contributed by atoms with Crippen LogP contribution in [0.2, 0.25) is 5.02 Å². The highest BCUT2D eigenvalue weighted by Gasteiger charge is 2.08. The third-order valence-electron chi connectivity index (χ3n) is 3.44. The molecule has 0 spiro atoms. The monoisotopic (exact) mass is 382 g/mol. The van der Waals surface area contributed by atoms with Gasteiger partial charge in [0.15, 0.2) is 0 Å². The fourth-order valence-corrected chi connectivity index (χ4v) is 3.24. The second-order valence-corrected chi connectivity index (χ2v) is 7.55. The van der Waals surface area contributed by atoms with Gasteiger partial charge in [0.25, 0.3) is 0 Å². The zero-order chi connectivity index (χ0) is 18.4. The van der Waals surface area contributed by atoms with Gasteiger partial charge in [0, 0.05) is 12.1 Å². The van der Waals surface area contributed by atoms with Gasteiger partial charge < -0.3 is 10.1 Å². The maximum absolute atomic E-state index is 12.1. The minimum Gasteiger partial charge on any atom is -0.495 e. The number of ether oxygens (including phenoxy) is 1. The van der Waals surface area contributed by atoms with Crippen molar-refractivity contribution in [3.63, 3.8) is 0 Å². The van der Waals surface area contributed by atoms with E-state index in [0.717, 1.165) is 5.56 Å². The number of rotatable bonds is 7. The molecule has 0 aliphatic rings. The summed E-state index contributed by atoms with van der Waals surface area (Å²) in [5.74, 6) is 0.127. The van der Waals surface area contributed by atoms with E-state index in [1.54, 1.807) is 43.5 Å². The molecule has 0 bridgehead atoms. The zero-order valence-corrected chi connectivity index (χ0v) is 15.2. The van der Waals surface area contributed by atoms with E-state index in [0.29, 0.717) is 28.4 Å². The fourth-order valence-electron chi connectivity index (χ4n) is 2.32. The van der Waals surface area contributed by atoms with Crippen molar-refractivity contribution >= 4 is 33.2 Å². The normalized spacial score (nSPS) is 11.2. The highest BCUT2D eigenvalue weighted by atomic mass is 35.5. The van der Waals surface area contributed by atoms with Crippen LogP contribution in [0.3, 0.4) is 0 Å². The quantitative estimate of drug-likeness (QED) is 0.769. The average Bonchev–Trinajstić information content (AvgIpc) is 2.52. The molecule has 2 aromatic carbocycles. The summed E-state index contributed by atoms with van der Waals surface area (Å²) in [5.41, 5.74) is 1.96. The Morgan fingerprint density at radius 1 is 1.20 bits per heavy atom. The van der Waals surface area contributed by atoms with E-state index in [4.69, 9.17) is 21.5 Å². The molecule has 134 valence electrons. The van der Waals surface area contributed by atoms with Crippen LogP contribution in [0.15, 0.2) is 42.5 Å². The second-order valence-electron chi connectivity index (χ2n) is 5.52. The third kappa shape index (κ3) is 6.38. The van der Waals surface area contributed by atoms with Crippen molar-refractivity contribution < 1.29 is 17.9 Å².